The van der Waals surface area contributed by atoms with Crippen molar-refractivity contribution in [1.82, 2.24) is 15.5 Å². The molecule has 0 radical (unpaired) electrons. The van der Waals surface area contributed by atoms with E-state index in [1.165, 1.54) is 0 Å². The SMILES string of the molecule is O=C(NCCCC(=O)N1C2CCNCC1CC2)C1CC1. The lowest BCUT2D eigenvalue weighted by molar-refractivity contribution is -0.134. The minimum Gasteiger partial charge on any atom is -0.356 e. The number of carbonyl (C=O) groups is 2. The van der Waals surface area contributed by atoms with E-state index >= 15 is 0 Å². The lowest BCUT2D eigenvalue weighted by Gasteiger charge is -2.28. The first-order valence-electron chi connectivity index (χ1n) is 8.05. The molecule has 2 amide bonds. The van der Waals surface area contributed by atoms with E-state index in [4.69, 9.17) is 0 Å². The third-order valence-electron chi connectivity index (χ3n) is 4.76. The monoisotopic (exact) mass is 279 g/mol. The maximum atomic E-state index is 12.4. The Morgan fingerprint density at radius 3 is 2.70 bits per heavy atom. The van der Waals surface area contributed by atoms with Crippen molar-refractivity contribution in [2.75, 3.05) is 19.6 Å². The minimum atomic E-state index is 0.177. The number of carbonyl (C=O) groups excluding carboxylic acids is 2. The summed E-state index contributed by atoms with van der Waals surface area (Å²) in [5.41, 5.74) is 0. The van der Waals surface area contributed by atoms with Crippen LogP contribution in [0, 0.1) is 5.92 Å². The highest BCUT2D eigenvalue weighted by Gasteiger charge is 2.37. The molecule has 5 heteroatoms. The Hall–Kier alpha value is -1.10. The van der Waals surface area contributed by atoms with Crippen LogP contribution in [0.25, 0.3) is 0 Å². The summed E-state index contributed by atoms with van der Waals surface area (Å²) < 4.78 is 0. The highest BCUT2D eigenvalue weighted by molar-refractivity contribution is 5.81. The Labute approximate surface area is 120 Å². The first-order valence-corrected chi connectivity index (χ1v) is 8.05. The molecule has 3 rings (SSSR count). The number of fused-ring (bicyclic) bond motifs is 2. The summed E-state index contributed by atoms with van der Waals surface area (Å²) in [6.07, 6.45) is 6.79. The van der Waals surface area contributed by atoms with Gasteiger partial charge < -0.3 is 15.5 Å². The normalized spacial score (nSPS) is 29.1. The summed E-state index contributed by atoms with van der Waals surface area (Å²) in [5, 5.41) is 6.35. The van der Waals surface area contributed by atoms with E-state index < -0.39 is 0 Å². The fraction of sp³-hybridized carbons (Fsp3) is 0.867. The summed E-state index contributed by atoms with van der Waals surface area (Å²) in [6, 6.07) is 0.847. The number of nitrogens with one attached hydrogen (secondary N) is 2. The average Bonchev–Trinajstić information content (AvgIpc) is 3.20. The first kappa shape index (κ1) is 13.9. The van der Waals surface area contributed by atoms with Crippen LogP contribution in [0.5, 0.6) is 0 Å². The van der Waals surface area contributed by atoms with Crippen LogP contribution in [-0.4, -0.2) is 48.4 Å². The molecule has 2 saturated heterocycles. The van der Waals surface area contributed by atoms with E-state index in [2.05, 4.69) is 15.5 Å². The zero-order valence-electron chi connectivity index (χ0n) is 12.1. The van der Waals surface area contributed by atoms with Crippen LogP contribution in [0.3, 0.4) is 0 Å². The highest BCUT2D eigenvalue weighted by atomic mass is 16.2. The van der Waals surface area contributed by atoms with Gasteiger partial charge in [0, 0.05) is 37.5 Å². The van der Waals surface area contributed by atoms with Crippen molar-refractivity contribution in [3.63, 3.8) is 0 Å². The molecule has 2 aliphatic heterocycles. The molecule has 1 saturated carbocycles. The van der Waals surface area contributed by atoms with Gasteiger partial charge in [0.2, 0.25) is 11.8 Å². The average molecular weight is 279 g/mol. The van der Waals surface area contributed by atoms with Crippen molar-refractivity contribution >= 4 is 11.8 Å². The lowest BCUT2D eigenvalue weighted by Crippen LogP contribution is -2.42. The highest BCUT2D eigenvalue weighted by Crippen LogP contribution is 2.29. The first-order chi connectivity index (χ1) is 9.75. The number of nitrogens with zero attached hydrogens (tertiary/aromatic N) is 1. The molecule has 1 aliphatic carbocycles. The zero-order valence-corrected chi connectivity index (χ0v) is 12.1. The Kier molecular flexibility index (Phi) is 4.24. The van der Waals surface area contributed by atoms with Gasteiger partial charge in [-0.2, -0.15) is 0 Å². The quantitative estimate of drug-likeness (QED) is 0.726. The number of hydrogen-bond donors (Lipinski definition) is 2. The van der Waals surface area contributed by atoms with Gasteiger partial charge >= 0.3 is 0 Å². The maximum absolute atomic E-state index is 12.4. The molecule has 112 valence electrons. The molecular weight excluding hydrogens is 254 g/mol. The lowest BCUT2D eigenvalue weighted by atomic mass is 10.1. The van der Waals surface area contributed by atoms with Crippen molar-refractivity contribution < 1.29 is 9.59 Å². The fourth-order valence-corrected chi connectivity index (χ4v) is 3.46. The third-order valence-corrected chi connectivity index (χ3v) is 4.76. The topological polar surface area (TPSA) is 61.4 Å². The Morgan fingerprint density at radius 1 is 1.10 bits per heavy atom. The largest absolute Gasteiger partial charge is 0.356 e. The van der Waals surface area contributed by atoms with Crippen LogP contribution < -0.4 is 10.6 Å². The number of rotatable bonds is 5. The Balaban J connectivity index is 1.40. The van der Waals surface area contributed by atoms with E-state index in [1.54, 1.807) is 0 Å². The van der Waals surface area contributed by atoms with Gasteiger partial charge in [0.05, 0.1) is 0 Å². The second kappa shape index (κ2) is 6.12. The van der Waals surface area contributed by atoms with E-state index in [9.17, 15) is 9.59 Å². The van der Waals surface area contributed by atoms with Gasteiger partial charge in [0.1, 0.15) is 0 Å². The molecular formula is C15H25N3O2. The minimum absolute atomic E-state index is 0.177. The zero-order chi connectivity index (χ0) is 13.9. The van der Waals surface area contributed by atoms with Crippen LogP contribution in [-0.2, 0) is 9.59 Å². The molecule has 2 unspecified atom stereocenters. The van der Waals surface area contributed by atoms with Crippen molar-refractivity contribution in [2.45, 2.75) is 57.0 Å². The number of amides is 2. The van der Waals surface area contributed by atoms with Gasteiger partial charge in [-0.25, -0.2) is 0 Å². The Morgan fingerprint density at radius 2 is 1.90 bits per heavy atom. The molecule has 3 fully saturated rings. The Bertz CT molecular complexity index is 367. The molecule has 0 aromatic carbocycles. The van der Waals surface area contributed by atoms with Gasteiger partial charge in [0.25, 0.3) is 0 Å². The van der Waals surface area contributed by atoms with Crippen LogP contribution in [0.4, 0.5) is 0 Å². The third kappa shape index (κ3) is 3.14. The van der Waals surface area contributed by atoms with Crippen LogP contribution in [0.15, 0.2) is 0 Å². The van der Waals surface area contributed by atoms with Crippen LogP contribution >= 0.6 is 0 Å². The number of hydrogen-bond acceptors (Lipinski definition) is 3. The predicted molar refractivity (Wildman–Crippen MR) is 76.1 cm³/mol. The van der Waals surface area contributed by atoms with Gasteiger partial charge in [0.15, 0.2) is 0 Å². The predicted octanol–water partition coefficient (Wildman–Crippen LogP) is 0.646. The molecule has 5 nitrogen and oxygen atoms in total. The van der Waals surface area contributed by atoms with Crippen LogP contribution in [0.2, 0.25) is 0 Å². The summed E-state index contributed by atoms with van der Waals surface area (Å²) in [6.45, 7) is 2.62. The van der Waals surface area contributed by atoms with Gasteiger partial charge in [-0.05, 0) is 45.1 Å². The second-order valence-electron chi connectivity index (χ2n) is 6.35. The molecule has 0 aromatic rings. The molecule has 2 N–H and O–H groups in total. The van der Waals surface area contributed by atoms with Crippen molar-refractivity contribution in [1.29, 1.82) is 0 Å². The molecule has 2 bridgehead atoms. The van der Waals surface area contributed by atoms with Gasteiger partial charge in [-0.3, -0.25) is 9.59 Å². The summed E-state index contributed by atoms with van der Waals surface area (Å²) >= 11 is 0. The smallest absolute Gasteiger partial charge is 0.223 e. The van der Waals surface area contributed by atoms with Gasteiger partial charge in [-0.1, -0.05) is 0 Å². The summed E-state index contributed by atoms with van der Waals surface area (Å²) in [4.78, 5) is 26.0. The van der Waals surface area contributed by atoms with Crippen molar-refractivity contribution in [3.8, 4) is 0 Å². The van der Waals surface area contributed by atoms with Crippen LogP contribution in [0.1, 0.15) is 44.9 Å². The summed E-state index contributed by atoms with van der Waals surface area (Å²) in [7, 11) is 0. The molecule has 0 aromatic heterocycles. The fourth-order valence-electron chi connectivity index (χ4n) is 3.46. The van der Waals surface area contributed by atoms with E-state index in [0.717, 1.165) is 51.6 Å². The standard InChI is InChI=1S/C15H25N3O2/c19-14(2-1-8-17-15(20)11-3-4-11)18-12-5-6-13(18)10-16-9-7-12/h11-13,16H,1-10H2,(H,17,20). The molecule has 20 heavy (non-hydrogen) atoms. The maximum Gasteiger partial charge on any atom is 0.223 e. The molecule has 2 atom stereocenters. The van der Waals surface area contributed by atoms with E-state index in [-0.39, 0.29) is 17.7 Å². The van der Waals surface area contributed by atoms with E-state index in [0.29, 0.717) is 25.0 Å². The van der Waals surface area contributed by atoms with E-state index in [1.807, 2.05) is 0 Å². The molecule has 0 spiro atoms. The van der Waals surface area contributed by atoms with Crippen molar-refractivity contribution in [2.24, 2.45) is 5.92 Å². The summed E-state index contributed by atoms with van der Waals surface area (Å²) in [5.74, 6) is 0.719. The van der Waals surface area contributed by atoms with Gasteiger partial charge in [-0.15, -0.1) is 0 Å². The second-order valence-corrected chi connectivity index (χ2v) is 6.35. The molecule has 2 heterocycles. The van der Waals surface area contributed by atoms with Crippen molar-refractivity contribution in [3.05, 3.63) is 0 Å². The molecule has 3 aliphatic rings.